The summed E-state index contributed by atoms with van der Waals surface area (Å²) in [4.78, 5) is 3.55. The van der Waals surface area contributed by atoms with E-state index in [1.54, 1.807) is 20.8 Å². The molecule has 0 radical (unpaired) electrons. The Morgan fingerprint density at radius 2 is 1.81 bits per heavy atom. The number of benzene rings is 1. The first kappa shape index (κ1) is 11.2. The van der Waals surface area contributed by atoms with Crippen LogP contribution in [-0.4, -0.2) is 18.7 Å². The van der Waals surface area contributed by atoms with Gasteiger partial charge in [-0.1, -0.05) is 18.2 Å². The lowest BCUT2D eigenvalue weighted by molar-refractivity contribution is 0.587. The van der Waals surface area contributed by atoms with Crippen molar-refractivity contribution in [1.82, 2.24) is 4.98 Å². The van der Waals surface area contributed by atoms with E-state index in [0.29, 0.717) is 4.90 Å². The molecular formula is C12H15NO2S. The highest BCUT2D eigenvalue weighted by Crippen LogP contribution is 2.28. The first-order valence-corrected chi connectivity index (χ1v) is 6.80. The maximum Gasteiger partial charge on any atom is 0.183 e. The van der Waals surface area contributed by atoms with E-state index in [1.807, 2.05) is 24.3 Å². The lowest BCUT2D eigenvalue weighted by Gasteiger charge is -2.07. The van der Waals surface area contributed by atoms with Gasteiger partial charge in [-0.2, -0.15) is 0 Å². The van der Waals surface area contributed by atoms with Gasteiger partial charge in [-0.3, -0.25) is 0 Å². The van der Waals surface area contributed by atoms with Gasteiger partial charge < -0.3 is 4.98 Å². The van der Waals surface area contributed by atoms with Crippen molar-refractivity contribution in [2.75, 3.05) is 0 Å². The Morgan fingerprint density at radius 1 is 1.19 bits per heavy atom. The average molecular weight is 237 g/mol. The number of aromatic amines is 1. The van der Waals surface area contributed by atoms with Gasteiger partial charge in [0.05, 0.1) is 10.1 Å². The number of H-pyrrole nitrogens is 1. The molecule has 0 unspecified atom stereocenters. The van der Waals surface area contributed by atoms with Gasteiger partial charge in [-0.05, 0) is 26.8 Å². The van der Waals surface area contributed by atoms with Crippen LogP contribution in [0.4, 0.5) is 0 Å². The van der Waals surface area contributed by atoms with E-state index in [4.69, 9.17) is 0 Å². The SMILES string of the molecule is Cc1[nH]c2ccccc2c1S(=O)(=O)C(C)C. The predicted molar refractivity (Wildman–Crippen MR) is 65.4 cm³/mol. The second-order valence-corrected chi connectivity index (χ2v) is 6.66. The summed E-state index contributed by atoms with van der Waals surface area (Å²) in [6.45, 7) is 5.21. The van der Waals surface area contributed by atoms with Crippen molar-refractivity contribution in [1.29, 1.82) is 0 Å². The highest BCUT2D eigenvalue weighted by atomic mass is 32.2. The molecule has 0 saturated heterocycles. The number of fused-ring (bicyclic) bond motifs is 1. The zero-order valence-electron chi connectivity index (χ0n) is 9.61. The number of sulfone groups is 1. The molecule has 86 valence electrons. The lowest BCUT2D eigenvalue weighted by Crippen LogP contribution is -2.14. The Bertz CT molecular complexity index is 624. The minimum Gasteiger partial charge on any atom is -0.358 e. The summed E-state index contributed by atoms with van der Waals surface area (Å²) in [5.74, 6) is 0. The Balaban J connectivity index is 2.84. The molecule has 0 spiro atoms. The monoisotopic (exact) mass is 237 g/mol. The molecule has 0 saturated carbocycles. The lowest BCUT2D eigenvalue weighted by atomic mass is 10.2. The number of aromatic nitrogens is 1. The van der Waals surface area contributed by atoms with Gasteiger partial charge in [0.2, 0.25) is 0 Å². The fourth-order valence-corrected chi connectivity index (χ4v) is 3.29. The van der Waals surface area contributed by atoms with E-state index in [0.717, 1.165) is 16.6 Å². The molecule has 4 heteroatoms. The standard InChI is InChI=1S/C12H15NO2S/c1-8(2)16(14,15)12-9(3)13-11-7-5-4-6-10(11)12/h4-8,13H,1-3H3. The normalized spacial score (nSPS) is 12.5. The van der Waals surface area contributed by atoms with Gasteiger partial charge in [0, 0.05) is 16.6 Å². The maximum absolute atomic E-state index is 12.2. The van der Waals surface area contributed by atoms with Crippen molar-refractivity contribution in [3.8, 4) is 0 Å². The van der Waals surface area contributed by atoms with Crippen LogP contribution in [0.1, 0.15) is 19.5 Å². The second kappa shape index (κ2) is 3.63. The highest BCUT2D eigenvalue weighted by Gasteiger charge is 2.25. The molecule has 0 aliphatic carbocycles. The molecule has 0 aliphatic rings. The van der Waals surface area contributed by atoms with Crippen LogP contribution in [0, 0.1) is 6.92 Å². The van der Waals surface area contributed by atoms with Crippen LogP contribution in [0.15, 0.2) is 29.2 Å². The van der Waals surface area contributed by atoms with Gasteiger partial charge >= 0.3 is 0 Å². The zero-order valence-corrected chi connectivity index (χ0v) is 10.4. The van der Waals surface area contributed by atoms with Gasteiger partial charge in [-0.25, -0.2) is 8.42 Å². The molecule has 1 heterocycles. The van der Waals surface area contributed by atoms with Crippen LogP contribution in [-0.2, 0) is 9.84 Å². The van der Waals surface area contributed by atoms with E-state index in [2.05, 4.69) is 4.98 Å². The second-order valence-electron chi connectivity index (χ2n) is 4.22. The number of hydrogen-bond donors (Lipinski definition) is 1. The Kier molecular flexibility index (Phi) is 2.54. The number of hydrogen-bond acceptors (Lipinski definition) is 2. The van der Waals surface area contributed by atoms with Crippen LogP contribution in [0.3, 0.4) is 0 Å². The summed E-state index contributed by atoms with van der Waals surface area (Å²) in [6.07, 6.45) is 0. The minimum atomic E-state index is -3.22. The molecule has 1 aromatic carbocycles. The van der Waals surface area contributed by atoms with E-state index >= 15 is 0 Å². The van der Waals surface area contributed by atoms with Crippen LogP contribution in [0.5, 0.6) is 0 Å². The summed E-state index contributed by atoms with van der Waals surface area (Å²) < 4.78 is 24.4. The van der Waals surface area contributed by atoms with Gasteiger partial charge in [0.25, 0.3) is 0 Å². The molecule has 0 aliphatic heterocycles. The fraction of sp³-hybridized carbons (Fsp3) is 0.333. The van der Waals surface area contributed by atoms with Crippen LogP contribution < -0.4 is 0 Å². The van der Waals surface area contributed by atoms with E-state index in [-0.39, 0.29) is 0 Å². The van der Waals surface area contributed by atoms with Crippen LogP contribution in [0.2, 0.25) is 0 Å². The third-order valence-electron chi connectivity index (χ3n) is 2.74. The van der Waals surface area contributed by atoms with Crippen LogP contribution >= 0.6 is 0 Å². The van der Waals surface area contributed by atoms with Crippen molar-refractivity contribution >= 4 is 20.7 Å². The zero-order chi connectivity index (χ0) is 11.9. The molecule has 16 heavy (non-hydrogen) atoms. The third-order valence-corrected chi connectivity index (χ3v) is 5.08. The van der Waals surface area contributed by atoms with Crippen molar-refractivity contribution in [3.05, 3.63) is 30.0 Å². The first-order valence-electron chi connectivity index (χ1n) is 5.26. The van der Waals surface area contributed by atoms with Crippen molar-refractivity contribution in [2.24, 2.45) is 0 Å². The topological polar surface area (TPSA) is 49.9 Å². The van der Waals surface area contributed by atoms with Gasteiger partial charge in [-0.15, -0.1) is 0 Å². The molecule has 2 rings (SSSR count). The maximum atomic E-state index is 12.2. The molecule has 0 amide bonds. The predicted octanol–water partition coefficient (Wildman–Crippen LogP) is 2.66. The summed E-state index contributed by atoms with van der Waals surface area (Å²) in [6, 6.07) is 7.48. The van der Waals surface area contributed by atoms with Crippen molar-refractivity contribution in [2.45, 2.75) is 30.9 Å². The van der Waals surface area contributed by atoms with Gasteiger partial charge in [0.15, 0.2) is 9.84 Å². The number of nitrogens with one attached hydrogen (secondary N) is 1. The molecule has 1 N–H and O–H groups in total. The largest absolute Gasteiger partial charge is 0.358 e. The van der Waals surface area contributed by atoms with E-state index < -0.39 is 15.1 Å². The Morgan fingerprint density at radius 3 is 2.44 bits per heavy atom. The van der Waals surface area contributed by atoms with Gasteiger partial charge in [0.1, 0.15) is 0 Å². The smallest absolute Gasteiger partial charge is 0.183 e. The molecule has 1 aromatic heterocycles. The molecule has 2 aromatic rings. The highest BCUT2D eigenvalue weighted by molar-refractivity contribution is 7.92. The number of aryl methyl sites for hydroxylation is 1. The summed E-state index contributed by atoms with van der Waals surface area (Å²) in [5.41, 5.74) is 1.59. The van der Waals surface area contributed by atoms with Crippen LogP contribution in [0.25, 0.3) is 10.9 Å². The summed E-state index contributed by atoms with van der Waals surface area (Å²) in [7, 11) is -3.22. The van der Waals surface area contributed by atoms with Crippen molar-refractivity contribution < 1.29 is 8.42 Å². The van der Waals surface area contributed by atoms with E-state index in [1.165, 1.54) is 0 Å². The average Bonchev–Trinajstić information content (AvgIpc) is 2.53. The minimum absolute atomic E-state index is 0.398. The Hall–Kier alpha value is -1.29. The molecule has 0 atom stereocenters. The number of para-hydroxylation sites is 1. The molecular weight excluding hydrogens is 222 g/mol. The Labute approximate surface area is 95.4 Å². The molecule has 0 fully saturated rings. The first-order chi connectivity index (χ1) is 7.44. The number of rotatable bonds is 2. The molecule has 0 bridgehead atoms. The van der Waals surface area contributed by atoms with E-state index in [9.17, 15) is 8.42 Å². The fourth-order valence-electron chi connectivity index (χ4n) is 1.85. The molecule has 3 nitrogen and oxygen atoms in total. The van der Waals surface area contributed by atoms with Crippen molar-refractivity contribution in [3.63, 3.8) is 0 Å². The summed E-state index contributed by atoms with van der Waals surface area (Å²) in [5, 5.41) is 0.388. The third kappa shape index (κ3) is 1.53. The summed E-state index contributed by atoms with van der Waals surface area (Å²) >= 11 is 0. The quantitative estimate of drug-likeness (QED) is 0.873.